The highest BCUT2D eigenvalue weighted by Gasteiger charge is 2.80. The highest BCUT2D eigenvalue weighted by atomic mass is 16.5. The molecule has 1 aliphatic heterocycles. The molecule has 5 saturated carbocycles. The lowest BCUT2D eigenvalue weighted by Gasteiger charge is -2.59. The predicted molar refractivity (Wildman–Crippen MR) is 119 cm³/mol. The maximum Gasteiger partial charge on any atom is 0.332 e. The highest BCUT2D eigenvalue weighted by molar-refractivity contribution is 5.72. The van der Waals surface area contributed by atoms with Crippen molar-refractivity contribution in [1.82, 2.24) is 0 Å². The quantitative estimate of drug-likeness (QED) is 0.564. The Hall–Kier alpha value is -0.650. The van der Waals surface area contributed by atoms with Gasteiger partial charge in [0, 0.05) is 8.54 Å². The van der Waals surface area contributed by atoms with E-state index in [0.29, 0.717) is 40.4 Å². The van der Waals surface area contributed by atoms with Crippen molar-refractivity contribution in [2.45, 2.75) is 103 Å². The molecule has 0 radical (unpaired) electrons. The Morgan fingerprint density at radius 2 is 1.61 bits per heavy atom. The summed E-state index contributed by atoms with van der Waals surface area (Å²) in [4.78, 5) is 11.5. The number of rotatable bonds is 1. The molecule has 6 aliphatic rings. The van der Waals surface area contributed by atoms with Gasteiger partial charge in [0.2, 0.25) is 0 Å². The van der Waals surface area contributed by atoms with E-state index in [1.165, 1.54) is 38.5 Å². The van der Waals surface area contributed by atoms with Gasteiger partial charge in [-0.3, -0.25) is 0 Å². The lowest BCUT2D eigenvalue weighted by atomic mass is 9.46. The fraction of sp³-hybridized carbons (Fsp3) is 0.962. The molecule has 5 heteroatoms. The number of aliphatic hydroxyl groups excluding tert-OH is 2. The third-order valence-corrected chi connectivity index (χ3v) is 11.8. The molecule has 5 nitrogen and oxygen atoms in total. The van der Waals surface area contributed by atoms with Crippen molar-refractivity contribution < 1.29 is 26.3 Å². The molecule has 1 heterocycles. The molecular weight excluding hydrogens is 392 g/mol. The number of hydrogen-bond donors (Lipinski definition) is 3. The lowest BCUT2D eigenvalue weighted by molar-refractivity contribution is -0.165. The van der Waals surface area contributed by atoms with Crippen molar-refractivity contribution in [2.75, 3.05) is 7.11 Å². The summed E-state index contributed by atoms with van der Waals surface area (Å²) in [5.74, 6) is 1.95. The average molecular weight is 437 g/mol. The molecule has 178 valence electrons. The van der Waals surface area contributed by atoms with E-state index in [1.807, 2.05) is 0 Å². The molecule has 0 aromatic heterocycles. The smallest absolute Gasteiger partial charge is 0.332 e. The molecule has 31 heavy (non-hydrogen) atoms. The Kier molecular flexibility index (Phi) is 4.95. The first-order valence-corrected chi connectivity index (χ1v) is 12.7. The second-order valence-electron chi connectivity index (χ2n) is 12.6. The molecule has 10 atom stereocenters. The van der Waals surface area contributed by atoms with E-state index in [4.69, 9.17) is 9.84 Å². The Labute approximate surface area is 188 Å². The Bertz CT molecular complexity index is 756. The zero-order valence-electron chi connectivity index (χ0n) is 19.8. The standard InChI is InChI=1S/C25H38O4.CH4O.H2/c1-22(2)19-7-5-14-16-12-18-15(4-6-17(29-18)21(27)28)23(16,3)10-11-24(14)13-25(19,24)9-8-20(22)26;1-2;/h14-20,26H,4-13H2,1-3H3,(H,27,28);2H,1H3;1H/t14?,15?,16?,17?,18?,19?,20-,23?,24-,25+;;/m0../s1. The number of carboxylic acid groups (broad SMARTS) is 1. The fourth-order valence-corrected chi connectivity index (χ4v) is 10.4. The van der Waals surface area contributed by atoms with Gasteiger partial charge in [-0.2, -0.15) is 0 Å². The molecule has 0 aromatic rings. The molecule has 7 unspecified atom stereocenters. The molecule has 5 aliphatic carbocycles. The summed E-state index contributed by atoms with van der Waals surface area (Å²) in [7, 11) is 1.00. The third-order valence-electron chi connectivity index (χ3n) is 11.8. The molecule has 0 amide bonds. The number of aliphatic hydroxyl groups is 2. The van der Waals surface area contributed by atoms with Gasteiger partial charge in [-0.15, -0.1) is 0 Å². The minimum atomic E-state index is -0.774. The molecule has 2 spiro atoms. The number of carbonyl (C=O) groups is 1. The van der Waals surface area contributed by atoms with Crippen molar-refractivity contribution in [3.63, 3.8) is 0 Å². The Morgan fingerprint density at radius 1 is 0.903 bits per heavy atom. The van der Waals surface area contributed by atoms with Crippen molar-refractivity contribution in [3.8, 4) is 0 Å². The molecule has 6 fully saturated rings. The van der Waals surface area contributed by atoms with E-state index in [1.54, 1.807) is 0 Å². The molecule has 0 bridgehead atoms. The van der Waals surface area contributed by atoms with Crippen LogP contribution >= 0.6 is 0 Å². The SMILES string of the molecule is CC12CC[C@@]34C[C@@]35CC[C@H](O)C(C)(C)C5CCC4C1CC1OC(C(=O)O)CCC12.CO.[HH]. The van der Waals surface area contributed by atoms with E-state index in [-0.39, 0.29) is 19.0 Å². The summed E-state index contributed by atoms with van der Waals surface area (Å²) in [6, 6.07) is 0. The first-order chi connectivity index (χ1) is 14.7. The van der Waals surface area contributed by atoms with Gasteiger partial charge in [0.15, 0.2) is 6.10 Å². The molecule has 6 rings (SSSR count). The van der Waals surface area contributed by atoms with Crippen molar-refractivity contribution >= 4 is 5.97 Å². The molecule has 3 N–H and O–H groups in total. The van der Waals surface area contributed by atoms with Gasteiger partial charge in [-0.05, 0) is 110 Å². The van der Waals surface area contributed by atoms with Gasteiger partial charge in [0.25, 0.3) is 0 Å². The number of aliphatic carboxylic acids is 1. The molecular formula is C26H44O5. The van der Waals surface area contributed by atoms with Crippen LogP contribution in [0.5, 0.6) is 0 Å². The van der Waals surface area contributed by atoms with Crippen molar-refractivity contribution in [1.29, 1.82) is 0 Å². The van der Waals surface area contributed by atoms with Crippen LogP contribution in [0.25, 0.3) is 0 Å². The van der Waals surface area contributed by atoms with Crippen LogP contribution < -0.4 is 0 Å². The second kappa shape index (κ2) is 6.93. The third kappa shape index (κ3) is 2.63. The summed E-state index contributed by atoms with van der Waals surface area (Å²) >= 11 is 0. The van der Waals surface area contributed by atoms with Gasteiger partial charge in [0.1, 0.15) is 0 Å². The normalized spacial score (nSPS) is 55.9. The number of carboxylic acids is 1. The summed E-state index contributed by atoms with van der Waals surface area (Å²) in [5, 5.41) is 27.2. The number of ether oxygens (including phenoxy) is 1. The largest absolute Gasteiger partial charge is 0.479 e. The van der Waals surface area contributed by atoms with Gasteiger partial charge in [-0.25, -0.2) is 4.79 Å². The number of hydrogen-bond acceptors (Lipinski definition) is 4. The number of fused-ring (bicyclic) bond motifs is 4. The van der Waals surface area contributed by atoms with E-state index < -0.39 is 12.1 Å². The van der Waals surface area contributed by atoms with Crippen molar-refractivity contribution in [2.24, 2.45) is 45.3 Å². The Balaban J connectivity index is 0.000000796. The van der Waals surface area contributed by atoms with Crippen LogP contribution in [0.2, 0.25) is 0 Å². The van der Waals surface area contributed by atoms with Crippen molar-refractivity contribution in [3.05, 3.63) is 0 Å². The maximum absolute atomic E-state index is 11.5. The first-order valence-electron chi connectivity index (χ1n) is 12.7. The zero-order valence-corrected chi connectivity index (χ0v) is 19.8. The van der Waals surface area contributed by atoms with Crippen LogP contribution in [0.1, 0.15) is 86.4 Å². The van der Waals surface area contributed by atoms with Crippen LogP contribution in [0.4, 0.5) is 0 Å². The van der Waals surface area contributed by atoms with Crippen LogP contribution in [0.3, 0.4) is 0 Å². The van der Waals surface area contributed by atoms with E-state index >= 15 is 0 Å². The van der Waals surface area contributed by atoms with E-state index in [0.717, 1.165) is 32.3 Å². The maximum atomic E-state index is 11.5. The van der Waals surface area contributed by atoms with Gasteiger partial charge in [0.05, 0.1) is 12.2 Å². The summed E-state index contributed by atoms with van der Waals surface area (Å²) in [5.41, 5.74) is 1.38. The van der Waals surface area contributed by atoms with Crippen LogP contribution in [0.15, 0.2) is 0 Å². The lowest BCUT2D eigenvalue weighted by Crippen LogP contribution is -2.54. The van der Waals surface area contributed by atoms with Crippen LogP contribution in [0, 0.1) is 45.3 Å². The van der Waals surface area contributed by atoms with Gasteiger partial charge in [-0.1, -0.05) is 20.8 Å². The zero-order chi connectivity index (χ0) is 22.4. The van der Waals surface area contributed by atoms with Crippen LogP contribution in [-0.4, -0.2) is 46.7 Å². The van der Waals surface area contributed by atoms with Gasteiger partial charge < -0.3 is 20.1 Å². The second-order valence-corrected chi connectivity index (χ2v) is 12.6. The molecule has 1 saturated heterocycles. The monoisotopic (exact) mass is 436 g/mol. The topological polar surface area (TPSA) is 87.0 Å². The summed E-state index contributed by atoms with van der Waals surface area (Å²) in [6.07, 6.45) is 11.1. The average Bonchev–Trinajstić information content (AvgIpc) is 3.33. The predicted octanol–water partition coefficient (Wildman–Crippen LogP) is 4.49. The molecule has 0 aromatic carbocycles. The van der Waals surface area contributed by atoms with Crippen LogP contribution in [-0.2, 0) is 9.53 Å². The summed E-state index contributed by atoms with van der Waals surface area (Å²) < 4.78 is 6.17. The highest BCUT2D eigenvalue weighted by Crippen LogP contribution is 2.87. The first kappa shape index (κ1) is 22.2. The minimum Gasteiger partial charge on any atom is -0.479 e. The van der Waals surface area contributed by atoms with Gasteiger partial charge >= 0.3 is 5.97 Å². The van der Waals surface area contributed by atoms with E-state index in [9.17, 15) is 15.0 Å². The van der Waals surface area contributed by atoms with E-state index in [2.05, 4.69) is 20.8 Å². The Morgan fingerprint density at radius 3 is 2.32 bits per heavy atom. The fourth-order valence-electron chi connectivity index (χ4n) is 10.4. The minimum absolute atomic E-state index is 0. The summed E-state index contributed by atoms with van der Waals surface area (Å²) in [6.45, 7) is 7.18.